The summed E-state index contributed by atoms with van der Waals surface area (Å²) in [6.45, 7) is 3.05. The fraction of sp³-hybridized carbons (Fsp3) is 0.462. The quantitative estimate of drug-likeness (QED) is 0.378. The van der Waals surface area contributed by atoms with Crippen molar-refractivity contribution in [3.05, 3.63) is 24.0 Å². The van der Waals surface area contributed by atoms with E-state index in [-0.39, 0.29) is 17.0 Å². The summed E-state index contributed by atoms with van der Waals surface area (Å²) in [4.78, 5) is 11.6. The Morgan fingerprint density at radius 3 is 2.54 bits per heavy atom. The fourth-order valence-corrected chi connectivity index (χ4v) is 3.98. The standard InChI is InChI=1S/C13H18N6O6S/c1-5(2)7(20)9-8(21)10(22)13(25-9,26(15,23)24)19-4-18-6-11(14)16-3-17-12(6)19/h3-4,8-10,20-22H,1-2H3,(H2,14,16,17)(H2,15,23,24)/t8-,9-,10-,13+/m1/s1. The molecule has 2 aromatic heterocycles. The number of rotatable bonds is 3. The summed E-state index contributed by atoms with van der Waals surface area (Å²) in [6.07, 6.45) is -3.32. The van der Waals surface area contributed by atoms with Crippen LogP contribution in [0.5, 0.6) is 0 Å². The van der Waals surface area contributed by atoms with E-state index in [2.05, 4.69) is 15.0 Å². The molecule has 7 N–H and O–H groups in total. The number of primary sulfonamides is 1. The van der Waals surface area contributed by atoms with Crippen molar-refractivity contribution < 1.29 is 28.5 Å². The van der Waals surface area contributed by atoms with Crippen molar-refractivity contribution in [1.82, 2.24) is 19.5 Å². The third kappa shape index (κ3) is 2.36. The van der Waals surface area contributed by atoms with E-state index in [0.717, 1.165) is 17.2 Å². The van der Waals surface area contributed by atoms with Gasteiger partial charge in [0.2, 0.25) is 0 Å². The number of anilines is 1. The highest BCUT2D eigenvalue weighted by molar-refractivity contribution is 7.89. The Labute approximate surface area is 147 Å². The van der Waals surface area contributed by atoms with E-state index in [9.17, 15) is 23.7 Å². The van der Waals surface area contributed by atoms with Gasteiger partial charge in [-0.15, -0.1) is 0 Å². The number of hydrogen-bond acceptors (Lipinski definition) is 10. The number of hydrogen-bond donors (Lipinski definition) is 5. The van der Waals surface area contributed by atoms with Gasteiger partial charge in [0.1, 0.15) is 42.2 Å². The SMILES string of the molecule is CC(C)=C(O)[C@H]1O[C@](n2cnc3c(N)ncnc32)(S(N)(=O)=O)[C@H](O)[C@@H]1O. The molecule has 0 bridgehead atoms. The van der Waals surface area contributed by atoms with Gasteiger partial charge in [-0.2, -0.15) is 0 Å². The molecule has 1 saturated heterocycles. The minimum absolute atomic E-state index is 0.0324. The van der Waals surface area contributed by atoms with Gasteiger partial charge in [-0.1, -0.05) is 0 Å². The van der Waals surface area contributed by atoms with Crippen LogP contribution in [-0.2, 0) is 19.8 Å². The molecule has 0 radical (unpaired) electrons. The van der Waals surface area contributed by atoms with E-state index >= 15 is 0 Å². The number of aliphatic hydroxyl groups is 3. The van der Waals surface area contributed by atoms with Gasteiger partial charge in [-0.25, -0.2) is 28.5 Å². The van der Waals surface area contributed by atoms with Crippen LogP contribution in [0.1, 0.15) is 13.8 Å². The Morgan fingerprint density at radius 2 is 1.96 bits per heavy atom. The number of fused-ring (bicyclic) bond motifs is 1. The summed E-state index contributed by atoms with van der Waals surface area (Å²) < 4.78 is 31.2. The molecular weight excluding hydrogens is 368 g/mol. The lowest BCUT2D eigenvalue weighted by molar-refractivity contribution is -0.0725. The van der Waals surface area contributed by atoms with E-state index in [4.69, 9.17) is 15.6 Å². The molecule has 0 unspecified atom stereocenters. The van der Waals surface area contributed by atoms with E-state index in [1.807, 2.05) is 0 Å². The molecule has 2 aromatic rings. The Morgan fingerprint density at radius 1 is 1.31 bits per heavy atom. The first-order valence-corrected chi connectivity index (χ1v) is 8.93. The Balaban J connectivity index is 2.31. The topological polar surface area (TPSA) is 200 Å². The summed E-state index contributed by atoms with van der Waals surface area (Å²) in [5.41, 5.74) is 6.01. The number of imidazole rings is 1. The van der Waals surface area contributed by atoms with Crippen LogP contribution in [0, 0.1) is 0 Å². The average molecular weight is 386 g/mol. The first-order valence-electron chi connectivity index (χ1n) is 7.39. The van der Waals surface area contributed by atoms with Crippen molar-refractivity contribution in [2.75, 3.05) is 5.73 Å². The smallest absolute Gasteiger partial charge is 0.295 e. The molecule has 0 spiro atoms. The van der Waals surface area contributed by atoms with Crippen LogP contribution in [0.4, 0.5) is 5.82 Å². The van der Waals surface area contributed by atoms with E-state index in [0.29, 0.717) is 5.57 Å². The van der Waals surface area contributed by atoms with E-state index < -0.39 is 39.2 Å². The lowest BCUT2D eigenvalue weighted by Gasteiger charge is -2.30. The van der Waals surface area contributed by atoms with Crippen molar-refractivity contribution in [2.45, 2.75) is 37.2 Å². The Bertz CT molecular complexity index is 1000. The number of nitrogen functional groups attached to an aromatic ring is 1. The van der Waals surface area contributed by atoms with Crippen molar-refractivity contribution in [2.24, 2.45) is 5.14 Å². The number of ether oxygens (including phenoxy) is 1. The molecule has 4 atom stereocenters. The van der Waals surface area contributed by atoms with Crippen LogP contribution < -0.4 is 10.9 Å². The van der Waals surface area contributed by atoms with Gasteiger partial charge in [-0.3, -0.25) is 4.57 Å². The third-order valence-corrected chi connectivity index (χ3v) is 5.54. The van der Waals surface area contributed by atoms with Gasteiger partial charge in [0.05, 0.1) is 0 Å². The van der Waals surface area contributed by atoms with Gasteiger partial charge in [0.25, 0.3) is 15.1 Å². The molecule has 0 saturated carbocycles. The zero-order chi connectivity index (χ0) is 19.4. The molecule has 26 heavy (non-hydrogen) atoms. The van der Waals surface area contributed by atoms with Crippen LogP contribution in [-0.4, -0.2) is 61.6 Å². The zero-order valence-electron chi connectivity index (χ0n) is 13.8. The maximum atomic E-state index is 12.4. The van der Waals surface area contributed by atoms with Gasteiger partial charge >= 0.3 is 0 Å². The average Bonchev–Trinajstić information content (AvgIpc) is 3.09. The zero-order valence-corrected chi connectivity index (χ0v) is 14.6. The van der Waals surface area contributed by atoms with Crippen molar-refractivity contribution >= 4 is 27.0 Å². The highest BCUT2D eigenvalue weighted by Gasteiger charge is 2.64. The number of sulfonamides is 1. The molecule has 13 heteroatoms. The van der Waals surface area contributed by atoms with Crippen LogP contribution in [0.25, 0.3) is 11.2 Å². The molecule has 3 rings (SSSR count). The second kappa shape index (κ2) is 5.85. The molecule has 0 aromatic carbocycles. The maximum Gasteiger partial charge on any atom is 0.295 e. The molecule has 0 amide bonds. The highest BCUT2D eigenvalue weighted by Crippen LogP contribution is 2.42. The molecule has 1 aliphatic rings. The summed E-state index contributed by atoms with van der Waals surface area (Å²) in [5, 5.41) is 33.7. The molecule has 12 nitrogen and oxygen atoms in total. The molecule has 0 aliphatic carbocycles. The summed E-state index contributed by atoms with van der Waals surface area (Å²) in [7, 11) is -4.71. The van der Waals surface area contributed by atoms with E-state index in [1.165, 1.54) is 13.8 Å². The second-order valence-corrected chi connectivity index (χ2v) is 7.76. The van der Waals surface area contributed by atoms with Gasteiger partial charge in [-0.05, 0) is 19.4 Å². The summed E-state index contributed by atoms with van der Waals surface area (Å²) in [5.74, 6) is -0.462. The monoisotopic (exact) mass is 386 g/mol. The van der Waals surface area contributed by atoms with Crippen LogP contribution >= 0.6 is 0 Å². The first kappa shape index (κ1) is 18.5. The number of allylic oxidation sites excluding steroid dienone is 1. The minimum atomic E-state index is -4.71. The van der Waals surface area contributed by atoms with Crippen LogP contribution in [0.2, 0.25) is 0 Å². The highest BCUT2D eigenvalue weighted by atomic mass is 32.2. The van der Waals surface area contributed by atoms with Gasteiger partial charge in [0, 0.05) is 0 Å². The van der Waals surface area contributed by atoms with Crippen molar-refractivity contribution in [3.8, 4) is 0 Å². The number of aromatic nitrogens is 4. The molecule has 1 fully saturated rings. The van der Waals surface area contributed by atoms with Crippen LogP contribution in [0.3, 0.4) is 0 Å². The Kier molecular flexibility index (Phi) is 4.16. The predicted octanol–water partition coefficient (Wildman–Crippen LogP) is -1.72. The van der Waals surface area contributed by atoms with Gasteiger partial charge in [0.15, 0.2) is 11.5 Å². The lowest BCUT2D eigenvalue weighted by atomic mass is 10.1. The summed E-state index contributed by atoms with van der Waals surface area (Å²) >= 11 is 0. The van der Waals surface area contributed by atoms with Gasteiger partial charge < -0.3 is 25.8 Å². The largest absolute Gasteiger partial charge is 0.510 e. The minimum Gasteiger partial charge on any atom is -0.510 e. The number of nitrogens with two attached hydrogens (primary N) is 2. The molecule has 3 heterocycles. The van der Waals surface area contributed by atoms with E-state index in [1.54, 1.807) is 0 Å². The number of aliphatic hydroxyl groups excluding tert-OH is 3. The van der Waals surface area contributed by atoms with Crippen molar-refractivity contribution in [1.29, 1.82) is 0 Å². The third-order valence-electron chi connectivity index (χ3n) is 4.19. The van der Waals surface area contributed by atoms with Crippen molar-refractivity contribution in [3.63, 3.8) is 0 Å². The predicted molar refractivity (Wildman–Crippen MR) is 88.7 cm³/mol. The molecule has 1 aliphatic heterocycles. The molecule has 142 valence electrons. The summed E-state index contributed by atoms with van der Waals surface area (Å²) in [6, 6.07) is 0. The van der Waals surface area contributed by atoms with Crippen LogP contribution in [0.15, 0.2) is 24.0 Å². The normalized spacial score (nSPS) is 29.2. The molecular formula is C13H18N6O6S. The fourth-order valence-electron chi connectivity index (χ4n) is 2.86. The second-order valence-electron chi connectivity index (χ2n) is 6.08. The maximum absolute atomic E-state index is 12.4. The lowest BCUT2D eigenvalue weighted by Crippen LogP contribution is -2.54. The first-order chi connectivity index (χ1) is 12.0. The Hall–Kier alpha value is -2.32. The number of nitrogens with zero attached hydrogens (tertiary/aromatic N) is 4.